The van der Waals surface area contributed by atoms with Gasteiger partial charge < -0.3 is 5.32 Å². The summed E-state index contributed by atoms with van der Waals surface area (Å²) >= 11 is 4.31. The molecule has 2 aromatic rings. The van der Waals surface area contributed by atoms with E-state index in [1.54, 1.807) is 0 Å². The van der Waals surface area contributed by atoms with Crippen molar-refractivity contribution >= 4 is 33.9 Å². The normalized spacial score (nSPS) is 19.2. The van der Waals surface area contributed by atoms with Crippen LogP contribution in [0.3, 0.4) is 0 Å². The molecule has 5 nitrogen and oxygen atoms in total. The number of tetrazole rings is 1. The summed E-state index contributed by atoms with van der Waals surface area (Å²) in [4.78, 5) is 1.53. The summed E-state index contributed by atoms with van der Waals surface area (Å²) < 4.78 is 1.38. The minimum Gasteiger partial charge on any atom is -0.303 e. The third kappa shape index (κ3) is 2.50. The second kappa shape index (κ2) is 4.99. The molecule has 0 fully saturated rings. The molecule has 2 aromatic heterocycles. The van der Waals surface area contributed by atoms with Crippen LogP contribution in [0.15, 0.2) is 6.07 Å². The predicted octanol–water partition coefficient (Wildman–Crippen LogP) is 2.03. The average Bonchev–Trinajstić information content (AvgIpc) is 2.93. The average molecular weight is 361 g/mol. The number of H-pyrrole nitrogens is 1. The van der Waals surface area contributed by atoms with E-state index in [9.17, 15) is 0 Å². The molecule has 0 aliphatic heterocycles. The first-order valence-electron chi connectivity index (χ1n) is 5.57. The summed E-state index contributed by atoms with van der Waals surface area (Å²) in [5, 5.41) is 17.4. The standard InChI is InChI=1S/C10H12IN5S/c11-9-4-6-7(2-1-3-8(6)17-9)12-5-10-13-15-16-14-10/h4,7,12H,1-3,5H2,(H,13,14,15,16). The van der Waals surface area contributed by atoms with Crippen LogP contribution in [-0.2, 0) is 13.0 Å². The van der Waals surface area contributed by atoms with Crippen LogP contribution < -0.4 is 5.32 Å². The van der Waals surface area contributed by atoms with Gasteiger partial charge in [-0.3, -0.25) is 0 Å². The van der Waals surface area contributed by atoms with Crippen molar-refractivity contribution in [3.63, 3.8) is 0 Å². The second-order valence-electron chi connectivity index (χ2n) is 4.08. The maximum absolute atomic E-state index is 3.95. The van der Waals surface area contributed by atoms with E-state index in [0.29, 0.717) is 12.6 Å². The van der Waals surface area contributed by atoms with E-state index in [1.807, 2.05) is 11.3 Å². The van der Waals surface area contributed by atoms with Gasteiger partial charge in [0.2, 0.25) is 0 Å². The van der Waals surface area contributed by atoms with Crippen LogP contribution in [0.4, 0.5) is 0 Å². The quantitative estimate of drug-likeness (QED) is 0.822. The van der Waals surface area contributed by atoms with Gasteiger partial charge in [-0.2, -0.15) is 5.21 Å². The van der Waals surface area contributed by atoms with Crippen LogP contribution in [0.25, 0.3) is 0 Å². The molecule has 1 aliphatic carbocycles. The molecule has 7 heteroatoms. The van der Waals surface area contributed by atoms with Crippen molar-refractivity contribution in [2.75, 3.05) is 0 Å². The number of aromatic nitrogens is 4. The van der Waals surface area contributed by atoms with Gasteiger partial charge in [0.05, 0.1) is 9.43 Å². The molecule has 17 heavy (non-hydrogen) atoms. The van der Waals surface area contributed by atoms with Crippen molar-refractivity contribution in [1.82, 2.24) is 25.9 Å². The number of aryl methyl sites for hydroxylation is 1. The molecule has 0 saturated heterocycles. The molecular weight excluding hydrogens is 349 g/mol. The molecule has 3 rings (SSSR count). The summed E-state index contributed by atoms with van der Waals surface area (Å²) in [6.45, 7) is 0.674. The van der Waals surface area contributed by atoms with E-state index in [-0.39, 0.29) is 0 Å². The van der Waals surface area contributed by atoms with Crippen LogP contribution in [0.1, 0.15) is 35.1 Å². The largest absolute Gasteiger partial charge is 0.303 e. The fourth-order valence-corrected chi connectivity index (χ4v) is 4.32. The molecule has 1 unspecified atom stereocenters. The van der Waals surface area contributed by atoms with E-state index in [1.165, 1.54) is 32.6 Å². The third-order valence-corrected chi connectivity index (χ3v) is 4.95. The lowest BCUT2D eigenvalue weighted by molar-refractivity contribution is 0.456. The smallest absolute Gasteiger partial charge is 0.188 e. The molecule has 0 spiro atoms. The Morgan fingerprint density at radius 1 is 1.59 bits per heavy atom. The maximum Gasteiger partial charge on any atom is 0.188 e. The Morgan fingerprint density at radius 2 is 2.53 bits per heavy atom. The Kier molecular flexibility index (Phi) is 3.39. The van der Waals surface area contributed by atoms with Gasteiger partial charge in [0.1, 0.15) is 0 Å². The summed E-state index contributed by atoms with van der Waals surface area (Å²) in [6.07, 6.45) is 3.68. The van der Waals surface area contributed by atoms with Crippen LogP contribution in [0.2, 0.25) is 0 Å². The van der Waals surface area contributed by atoms with Crippen LogP contribution in [0.5, 0.6) is 0 Å². The van der Waals surface area contributed by atoms with Crippen molar-refractivity contribution in [1.29, 1.82) is 0 Å². The van der Waals surface area contributed by atoms with Crippen molar-refractivity contribution in [3.8, 4) is 0 Å². The monoisotopic (exact) mass is 361 g/mol. The van der Waals surface area contributed by atoms with Gasteiger partial charge in [-0.1, -0.05) is 5.21 Å². The first kappa shape index (κ1) is 11.5. The van der Waals surface area contributed by atoms with Gasteiger partial charge in [-0.25, -0.2) is 0 Å². The molecule has 0 aromatic carbocycles. The van der Waals surface area contributed by atoms with Crippen LogP contribution >= 0.6 is 33.9 Å². The molecule has 0 amide bonds. The number of hydrogen-bond acceptors (Lipinski definition) is 5. The topological polar surface area (TPSA) is 66.5 Å². The van der Waals surface area contributed by atoms with Crippen molar-refractivity contribution in [2.24, 2.45) is 0 Å². The number of halogens is 1. The van der Waals surface area contributed by atoms with Crippen molar-refractivity contribution in [2.45, 2.75) is 31.8 Å². The number of rotatable bonds is 3. The lowest BCUT2D eigenvalue weighted by Crippen LogP contribution is -2.24. The van der Waals surface area contributed by atoms with Gasteiger partial charge >= 0.3 is 0 Å². The zero-order valence-electron chi connectivity index (χ0n) is 9.11. The van der Waals surface area contributed by atoms with Crippen LogP contribution in [-0.4, -0.2) is 20.6 Å². The van der Waals surface area contributed by atoms with E-state index in [4.69, 9.17) is 0 Å². The summed E-state index contributed by atoms with van der Waals surface area (Å²) in [7, 11) is 0. The Hall–Kier alpha value is -0.540. The third-order valence-electron chi connectivity index (χ3n) is 2.98. The Bertz CT molecular complexity index is 495. The fraction of sp³-hybridized carbons (Fsp3) is 0.500. The minimum atomic E-state index is 0.442. The summed E-state index contributed by atoms with van der Waals surface area (Å²) in [5.74, 6) is 0.724. The van der Waals surface area contributed by atoms with E-state index in [2.05, 4.69) is 54.6 Å². The first-order chi connectivity index (χ1) is 8.33. The molecule has 0 radical (unpaired) electrons. The van der Waals surface area contributed by atoms with Gasteiger partial charge in [-0.05, 0) is 53.5 Å². The number of hydrogen-bond donors (Lipinski definition) is 2. The van der Waals surface area contributed by atoms with Crippen molar-refractivity contribution in [3.05, 3.63) is 25.2 Å². The van der Waals surface area contributed by atoms with Gasteiger partial charge in [0.25, 0.3) is 0 Å². The van der Waals surface area contributed by atoms with E-state index >= 15 is 0 Å². The molecular formula is C10H12IN5S. The summed E-state index contributed by atoms with van der Waals surface area (Å²) in [6, 6.07) is 2.74. The fourth-order valence-electron chi connectivity index (χ4n) is 2.21. The molecule has 0 bridgehead atoms. The second-order valence-corrected chi connectivity index (χ2v) is 7.11. The number of aromatic amines is 1. The lowest BCUT2D eigenvalue weighted by atomic mass is 9.94. The SMILES string of the molecule is Ic1cc2c(s1)CCCC2NCc1nn[nH]n1. The molecule has 2 heterocycles. The number of fused-ring (bicyclic) bond motifs is 1. The minimum absolute atomic E-state index is 0.442. The maximum atomic E-state index is 3.95. The first-order valence-corrected chi connectivity index (χ1v) is 7.46. The van der Waals surface area contributed by atoms with Gasteiger partial charge in [0, 0.05) is 10.9 Å². The highest BCUT2D eigenvalue weighted by Gasteiger charge is 2.22. The molecule has 90 valence electrons. The van der Waals surface area contributed by atoms with E-state index in [0.717, 1.165) is 5.82 Å². The summed E-state index contributed by atoms with van der Waals surface area (Å²) in [5.41, 5.74) is 1.47. The van der Waals surface area contributed by atoms with Gasteiger partial charge in [0.15, 0.2) is 5.82 Å². The molecule has 1 aliphatic rings. The number of thiophene rings is 1. The Balaban J connectivity index is 1.72. The Morgan fingerprint density at radius 3 is 3.35 bits per heavy atom. The van der Waals surface area contributed by atoms with E-state index < -0.39 is 0 Å². The molecule has 1 atom stereocenters. The van der Waals surface area contributed by atoms with Crippen molar-refractivity contribution < 1.29 is 0 Å². The lowest BCUT2D eigenvalue weighted by Gasteiger charge is -2.23. The zero-order chi connectivity index (χ0) is 11.7. The molecule has 2 N–H and O–H groups in total. The Labute approximate surface area is 117 Å². The highest BCUT2D eigenvalue weighted by atomic mass is 127. The highest BCUT2D eigenvalue weighted by Crippen LogP contribution is 2.36. The number of nitrogens with one attached hydrogen (secondary N) is 2. The zero-order valence-corrected chi connectivity index (χ0v) is 12.1. The number of nitrogens with zero attached hydrogens (tertiary/aromatic N) is 3. The van der Waals surface area contributed by atoms with Crippen LogP contribution in [0, 0.1) is 2.88 Å². The van der Waals surface area contributed by atoms with Gasteiger partial charge in [-0.15, -0.1) is 21.5 Å². The highest BCUT2D eigenvalue weighted by molar-refractivity contribution is 14.1. The predicted molar refractivity (Wildman–Crippen MR) is 73.7 cm³/mol. The molecule has 0 saturated carbocycles.